The summed E-state index contributed by atoms with van der Waals surface area (Å²) in [7, 11) is 0. The van der Waals surface area contributed by atoms with Crippen LogP contribution < -0.4 is 10.6 Å². The molecule has 0 aliphatic carbocycles. The third-order valence-corrected chi connectivity index (χ3v) is 6.92. The van der Waals surface area contributed by atoms with Crippen LogP contribution in [0.2, 0.25) is 5.02 Å². The smallest absolute Gasteiger partial charge is 0.255 e. The molecule has 0 aliphatic rings. The van der Waals surface area contributed by atoms with Crippen molar-refractivity contribution in [3.63, 3.8) is 0 Å². The Morgan fingerprint density at radius 2 is 1.73 bits per heavy atom. The molecule has 3 aromatic carbocycles. The molecule has 10 heteroatoms. The molecule has 0 atom stereocenters. The summed E-state index contributed by atoms with van der Waals surface area (Å²) in [4.78, 5) is 52.7. The molecular formula is C31H30ClFN4O4. The van der Waals surface area contributed by atoms with Gasteiger partial charge < -0.3 is 20.1 Å². The first-order valence-electron chi connectivity index (χ1n) is 13.0. The molecule has 0 unspecified atom stereocenters. The van der Waals surface area contributed by atoms with Crippen LogP contribution in [0.15, 0.2) is 72.9 Å². The second kappa shape index (κ2) is 12.8. The summed E-state index contributed by atoms with van der Waals surface area (Å²) in [5, 5.41) is 5.97. The topological polar surface area (TPSA) is 101 Å². The number of hydrogen-bond acceptors (Lipinski definition) is 4. The normalized spacial score (nSPS) is 11.0. The summed E-state index contributed by atoms with van der Waals surface area (Å²) in [5.41, 5.74) is 2.22. The van der Waals surface area contributed by atoms with Crippen LogP contribution in [-0.4, -0.2) is 45.6 Å². The molecule has 4 rings (SSSR count). The van der Waals surface area contributed by atoms with E-state index in [1.54, 1.807) is 61.0 Å². The Balaban J connectivity index is 1.50. The quantitative estimate of drug-likeness (QED) is 0.245. The van der Waals surface area contributed by atoms with E-state index in [9.17, 15) is 23.6 Å². The van der Waals surface area contributed by atoms with Crippen molar-refractivity contribution in [3.05, 3.63) is 100 Å². The van der Waals surface area contributed by atoms with Gasteiger partial charge in [-0.3, -0.25) is 19.2 Å². The average Bonchev–Trinajstić information content (AvgIpc) is 3.30. The van der Waals surface area contributed by atoms with Crippen molar-refractivity contribution in [2.45, 2.75) is 39.9 Å². The zero-order chi connectivity index (χ0) is 29.7. The van der Waals surface area contributed by atoms with Gasteiger partial charge in [0.15, 0.2) is 5.78 Å². The first-order chi connectivity index (χ1) is 19.5. The molecule has 4 aromatic rings. The summed E-state index contributed by atoms with van der Waals surface area (Å²) in [6.07, 6.45) is 1.59. The number of para-hydroxylation sites is 1. The predicted molar refractivity (Wildman–Crippen MR) is 156 cm³/mol. The Bertz CT molecular complexity index is 1620. The Labute approximate surface area is 242 Å². The maximum atomic E-state index is 14.2. The van der Waals surface area contributed by atoms with Gasteiger partial charge in [-0.1, -0.05) is 41.9 Å². The molecule has 41 heavy (non-hydrogen) atoms. The molecule has 0 spiro atoms. The van der Waals surface area contributed by atoms with Gasteiger partial charge in [-0.2, -0.15) is 0 Å². The maximum absolute atomic E-state index is 14.2. The standard InChI is InChI=1S/C31H30ClFN4O4/c1-19(2)37(17-28(39)34-15-22-8-7-11-26(32)30(22)33)29(40)18-36-16-25(20(3)38)24-14-21(12-13-27(24)36)31(41)35-23-9-5-4-6-10-23/h4-14,16,19H,15,17-18H2,1-3H3,(H,34,39)(H,35,41). The second-order valence-electron chi connectivity index (χ2n) is 9.88. The third-order valence-electron chi connectivity index (χ3n) is 6.63. The van der Waals surface area contributed by atoms with Crippen molar-refractivity contribution >= 4 is 51.7 Å². The molecule has 8 nitrogen and oxygen atoms in total. The molecule has 1 aromatic heterocycles. The zero-order valence-electron chi connectivity index (χ0n) is 22.9. The van der Waals surface area contributed by atoms with E-state index < -0.39 is 11.7 Å². The zero-order valence-corrected chi connectivity index (χ0v) is 23.7. The molecule has 212 valence electrons. The van der Waals surface area contributed by atoms with Gasteiger partial charge in [0.1, 0.15) is 12.4 Å². The number of halogens is 2. The predicted octanol–water partition coefficient (Wildman–Crippen LogP) is 5.44. The van der Waals surface area contributed by atoms with Gasteiger partial charge in [-0.25, -0.2) is 4.39 Å². The lowest BCUT2D eigenvalue weighted by Gasteiger charge is -2.26. The number of nitrogens with zero attached hydrogens (tertiary/aromatic N) is 2. The first kappa shape index (κ1) is 29.5. The van der Waals surface area contributed by atoms with Gasteiger partial charge in [0, 0.05) is 52.1 Å². The molecule has 3 amide bonds. The van der Waals surface area contributed by atoms with Crippen LogP contribution in [0, 0.1) is 5.82 Å². The molecule has 1 heterocycles. The molecular weight excluding hydrogens is 547 g/mol. The van der Waals surface area contributed by atoms with Crippen LogP contribution in [-0.2, 0) is 22.7 Å². The van der Waals surface area contributed by atoms with Crippen molar-refractivity contribution in [2.24, 2.45) is 0 Å². The van der Waals surface area contributed by atoms with Gasteiger partial charge in [-0.05, 0) is 57.2 Å². The summed E-state index contributed by atoms with van der Waals surface area (Å²) in [6, 6.07) is 18.2. The van der Waals surface area contributed by atoms with Crippen LogP contribution in [0.1, 0.15) is 47.1 Å². The fourth-order valence-corrected chi connectivity index (χ4v) is 4.65. The second-order valence-corrected chi connectivity index (χ2v) is 10.3. The molecule has 0 fully saturated rings. The van der Waals surface area contributed by atoms with Crippen LogP contribution in [0.25, 0.3) is 10.9 Å². The number of fused-ring (bicyclic) bond motifs is 1. The number of benzene rings is 3. The highest BCUT2D eigenvalue weighted by Gasteiger charge is 2.23. The number of Topliss-reactive ketones (excluding diaryl/α,β-unsaturated/α-hetero) is 1. The number of rotatable bonds is 10. The van der Waals surface area contributed by atoms with Crippen molar-refractivity contribution in [1.82, 2.24) is 14.8 Å². The van der Waals surface area contributed by atoms with E-state index in [4.69, 9.17) is 11.6 Å². The Hall–Kier alpha value is -4.50. The third kappa shape index (κ3) is 6.99. The van der Waals surface area contributed by atoms with E-state index in [1.807, 2.05) is 18.2 Å². The van der Waals surface area contributed by atoms with Gasteiger partial charge in [0.25, 0.3) is 5.91 Å². The van der Waals surface area contributed by atoms with Gasteiger partial charge >= 0.3 is 0 Å². The summed E-state index contributed by atoms with van der Waals surface area (Å²) < 4.78 is 15.8. The number of aromatic nitrogens is 1. The molecule has 0 radical (unpaired) electrons. The lowest BCUT2D eigenvalue weighted by molar-refractivity contribution is -0.138. The van der Waals surface area contributed by atoms with Crippen LogP contribution in [0.4, 0.5) is 10.1 Å². The Morgan fingerprint density at radius 3 is 2.41 bits per heavy atom. The number of amides is 3. The van der Waals surface area contributed by atoms with Crippen molar-refractivity contribution < 1.29 is 23.6 Å². The minimum atomic E-state index is -0.604. The molecule has 2 N–H and O–H groups in total. The van der Waals surface area contributed by atoms with E-state index in [2.05, 4.69) is 10.6 Å². The minimum Gasteiger partial charge on any atom is -0.350 e. The van der Waals surface area contributed by atoms with E-state index in [0.717, 1.165) is 0 Å². The minimum absolute atomic E-state index is 0.0384. The molecule has 0 saturated heterocycles. The largest absolute Gasteiger partial charge is 0.350 e. The van der Waals surface area contributed by atoms with Crippen molar-refractivity contribution in [3.8, 4) is 0 Å². The van der Waals surface area contributed by atoms with Crippen LogP contribution >= 0.6 is 11.6 Å². The highest BCUT2D eigenvalue weighted by atomic mass is 35.5. The van der Waals surface area contributed by atoms with Gasteiger partial charge in [-0.15, -0.1) is 0 Å². The Morgan fingerprint density at radius 1 is 1.00 bits per heavy atom. The van der Waals surface area contributed by atoms with E-state index in [-0.39, 0.29) is 53.9 Å². The van der Waals surface area contributed by atoms with Crippen molar-refractivity contribution in [1.29, 1.82) is 0 Å². The Kier molecular flexibility index (Phi) is 9.19. The van der Waals surface area contributed by atoms with E-state index in [1.165, 1.54) is 24.0 Å². The molecule has 0 saturated carbocycles. The van der Waals surface area contributed by atoms with Gasteiger partial charge in [0.05, 0.1) is 11.6 Å². The summed E-state index contributed by atoms with van der Waals surface area (Å²) >= 11 is 5.81. The van der Waals surface area contributed by atoms with Crippen molar-refractivity contribution in [2.75, 3.05) is 11.9 Å². The number of nitrogens with one attached hydrogen (secondary N) is 2. The number of hydrogen-bond donors (Lipinski definition) is 2. The van der Waals surface area contributed by atoms with E-state index in [0.29, 0.717) is 27.7 Å². The van der Waals surface area contributed by atoms with Gasteiger partial charge in [0.2, 0.25) is 11.8 Å². The SMILES string of the molecule is CC(=O)c1cn(CC(=O)N(CC(=O)NCc2cccc(Cl)c2F)C(C)C)c2ccc(C(=O)Nc3ccccc3)cc12. The maximum Gasteiger partial charge on any atom is 0.255 e. The summed E-state index contributed by atoms with van der Waals surface area (Å²) in [6.45, 7) is 4.55. The molecule has 0 aliphatic heterocycles. The monoisotopic (exact) mass is 576 g/mol. The highest BCUT2D eigenvalue weighted by Crippen LogP contribution is 2.25. The lowest BCUT2D eigenvalue weighted by Crippen LogP contribution is -2.45. The molecule has 0 bridgehead atoms. The summed E-state index contributed by atoms with van der Waals surface area (Å²) in [5.74, 6) is -1.95. The number of anilines is 1. The number of ketones is 1. The fraction of sp³-hybridized carbons (Fsp3) is 0.226. The first-order valence-corrected chi connectivity index (χ1v) is 13.4. The lowest BCUT2D eigenvalue weighted by atomic mass is 10.1. The fourth-order valence-electron chi connectivity index (χ4n) is 4.46. The number of carbonyl (C=O) groups is 4. The average molecular weight is 577 g/mol. The van der Waals surface area contributed by atoms with Crippen LogP contribution in [0.3, 0.4) is 0 Å². The van der Waals surface area contributed by atoms with E-state index >= 15 is 0 Å². The number of carbonyl (C=O) groups excluding carboxylic acids is 4. The highest BCUT2D eigenvalue weighted by molar-refractivity contribution is 6.30. The van der Waals surface area contributed by atoms with Crippen LogP contribution in [0.5, 0.6) is 0 Å².